The van der Waals surface area contributed by atoms with Crippen LogP contribution in [0.1, 0.15) is 6.92 Å². The van der Waals surface area contributed by atoms with Crippen molar-refractivity contribution < 1.29 is 9.53 Å². The van der Waals surface area contributed by atoms with Crippen LogP contribution in [0.5, 0.6) is 0 Å². The summed E-state index contributed by atoms with van der Waals surface area (Å²) in [5.74, 6) is -0.424. The number of halogens is 1. The van der Waals surface area contributed by atoms with Crippen LogP contribution in [0.3, 0.4) is 0 Å². The molecule has 1 aromatic rings. The highest BCUT2D eigenvalue weighted by molar-refractivity contribution is 6.45. The topological polar surface area (TPSA) is 131 Å². The molecule has 1 amide bonds. The highest BCUT2D eigenvalue weighted by Crippen LogP contribution is 2.34. The lowest BCUT2D eigenvalue weighted by Crippen LogP contribution is -2.49. The van der Waals surface area contributed by atoms with E-state index in [-0.39, 0.29) is 11.8 Å². The molecule has 138 valence electrons. The van der Waals surface area contributed by atoms with Crippen molar-refractivity contribution in [3.05, 3.63) is 23.2 Å². The Morgan fingerprint density at radius 2 is 2.15 bits per heavy atom. The quantitative estimate of drug-likeness (QED) is 0.407. The number of nitrogens with two attached hydrogens (primary N) is 1. The van der Waals surface area contributed by atoms with Gasteiger partial charge in [0.2, 0.25) is 5.71 Å². The average molecular weight is 378 g/mol. The summed E-state index contributed by atoms with van der Waals surface area (Å²) in [7, 11) is 0. The van der Waals surface area contributed by atoms with Crippen LogP contribution in [0.4, 0.5) is 16.2 Å². The third-order valence-electron chi connectivity index (χ3n) is 3.76. The number of hydrogen-bond acceptors (Lipinski definition) is 7. The van der Waals surface area contributed by atoms with Gasteiger partial charge in [-0.15, -0.1) is 0 Å². The Kier molecular flexibility index (Phi) is 6.63. The first-order chi connectivity index (χ1) is 12.5. The number of ether oxygens (including phenoxy) is 1. The van der Waals surface area contributed by atoms with Crippen LogP contribution in [-0.2, 0) is 4.74 Å². The normalized spacial score (nSPS) is 14.6. The first kappa shape index (κ1) is 19.3. The van der Waals surface area contributed by atoms with Gasteiger partial charge in [-0.2, -0.15) is 10.4 Å². The molecule has 1 aliphatic rings. The molecule has 0 aliphatic carbocycles. The lowest BCUT2D eigenvalue weighted by molar-refractivity contribution is 0.105. The van der Waals surface area contributed by atoms with Gasteiger partial charge in [0.1, 0.15) is 6.07 Å². The van der Waals surface area contributed by atoms with Gasteiger partial charge in [-0.3, -0.25) is 10.8 Å². The lowest BCUT2D eigenvalue weighted by atomic mass is 10.2. The SMILES string of the molecule is CCOC(=O)N1CCN(c2c(Cl)cccc2N/N=C(\C#N)C(=N)N)CC1. The average Bonchev–Trinajstić information content (AvgIpc) is 2.62. The number of nitrogens with zero attached hydrogens (tertiary/aromatic N) is 4. The number of hydrogen-bond donors (Lipinski definition) is 3. The molecule has 0 bridgehead atoms. The Morgan fingerprint density at radius 1 is 1.46 bits per heavy atom. The molecule has 26 heavy (non-hydrogen) atoms. The predicted octanol–water partition coefficient (Wildman–Crippen LogP) is 1.85. The van der Waals surface area contributed by atoms with E-state index in [9.17, 15) is 4.79 Å². The molecule has 0 atom stereocenters. The van der Waals surface area contributed by atoms with Crippen molar-refractivity contribution in [2.24, 2.45) is 10.8 Å². The summed E-state index contributed by atoms with van der Waals surface area (Å²) in [5.41, 5.74) is 9.12. The molecule has 1 saturated heterocycles. The van der Waals surface area contributed by atoms with Crippen LogP contribution >= 0.6 is 11.6 Å². The highest BCUT2D eigenvalue weighted by atomic mass is 35.5. The molecule has 0 aromatic heterocycles. The van der Waals surface area contributed by atoms with E-state index in [0.29, 0.717) is 49.2 Å². The summed E-state index contributed by atoms with van der Waals surface area (Å²) in [6.07, 6.45) is -0.325. The highest BCUT2D eigenvalue weighted by Gasteiger charge is 2.24. The zero-order chi connectivity index (χ0) is 19.1. The second-order valence-electron chi connectivity index (χ2n) is 5.41. The van der Waals surface area contributed by atoms with Crippen LogP contribution in [0.2, 0.25) is 5.02 Å². The van der Waals surface area contributed by atoms with Gasteiger partial charge < -0.3 is 20.3 Å². The molecule has 0 saturated carbocycles. The molecule has 1 aliphatic heterocycles. The van der Waals surface area contributed by atoms with E-state index in [2.05, 4.69) is 10.5 Å². The number of amidine groups is 1. The second-order valence-corrected chi connectivity index (χ2v) is 5.81. The number of hydrazone groups is 1. The van der Waals surface area contributed by atoms with Gasteiger partial charge in [0.15, 0.2) is 5.84 Å². The third kappa shape index (κ3) is 4.55. The Morgan fingerprint density at radius 3 is 2.73 bits per heavy atom. The molecule has 4 N–H and O–H groups in total. The van der Waals surface area contributed by atoms with E-state index in [1.54, 1.807) is 36.1 Å². The molecule has 1 heterocycles. The number of piperazine rings is 1. The fourth-order valence-corrected chi connectivity index (χ4v) is 2.81. The van der Waals surface area contributed by atoms with E-state index in [0.717, 1.165) is 0 Å². The van der Waals surface area contributed by atoms with Crippen molar-refractivity contribution in [2.75, 3.05) is 43.1 Å². The molecule has 2 rings (SSSR count). The Hall–Kier alpha value is -2.99. The molecular weight excluding hydrogens is 358 g/mol. The molecule has 0 unspecified atom stereocenters. The van der Waals surface area contributed by atoms with Gasteiger partial charge in [-0.05, 0) is 19.1 Å². The molecule has 0 radical (unpaired) electrons. The van der Waals surface area contributed by atoms with Gasteiger partial charge in [0.05, 0.1) is 23.0 Å². The zero-order valence-electron chi connectivity index (χ0n) is 14.3. The predicted molar refractivity (Wildman–Crippen MR) is 101 cm³/mol. The number of anilines is 2. The van der Waals surface area contributed by atoms with Crippen LogP contribution in [0.25, 0.3) is 0 Å². The van der Waals surface area contributed by atoms with Crippen molar-refractivity contribution in [2.45, 2.75) is 6.92 Å². The summed E-state index contributed by atoms with van der Waals surface area (Å²) in [6, 6.07) is 7.01. The summed E-state index contributed by atoms with van der Waals surface area (Å²) < 4.78 is 5.02. The zero-order valence-corrected chi connectivity index (χ0v) is 15.1. The Bertz CT molecular complexity index is 751. The number of para-hydroxylation sites is 1. The smallest absolute Gasteiger partial charge is 0.409 e. The van der Waals surface area contributed by atoms with E-state index in [4.69, 9.17) is 32.7 Å². The number of carbonyl (C=O) groups is 1. The fraction of sp³-hybridized carbons (Fsp3) is 0.375. The molecule has 1 aromatic carbocycles. The number of carbonyl (C=O) groups excluding carboxylic acids is 1. The molecular formula is C16H20ClN7O2. The minimum Gasteiger partial charge on any atom is -0.450 e. The van der Waals surface area contributed by atoms with Gasteiger partial charge in [0, 0.05) is 26.2 Å². The minimum atomic E-state index is -0.424. The summed E-state index contributed by atoms with van der Waals surface area (Å²) in [4.78, 5) is 15.5. The van der Waals surface area contributed by atoms with Gasteiger partial charge in [-0.25, -0.2) is 4.79 Å². The van der Waals surface area contributed by atoms with Gasteiger partial charge in [0.25, 0.3) is 0 Å². The first-order valence-corrected chi connectivity index (χ1v) is 8.39. The maximum atomic E-state index is 11.8. The molecule has 9 nitrogen and oxygen atoms in total. The largest absolute Gasteiger partial charge is 0.450 e. The van der Waals surface area contributed by atoms with Crippen molar-refractivity contribution >= 4 is 40.6 Å². The van der Waals surface area contributed by atoms with E-state index in [1.165, 1.54) is 0 Å². The van der Waals surface area contributed by atoms with E-state index in [1.807, 2.05) is 4.90 Å². The summed E-state index contributed by atoms with van der Waals surface area (Å²) in [5, 5.41) is 20.6. The standard InChI is InChI=1S/C16H20ClN7O2/c1-2-26-16(25)24-8-6-23(7-9-24)14-11(17)4-3-5-12(14)21-22-13(10-18)15(19)20/h3-5,21H,2,6-9H2,1H3,(H3,19,20)/b22-13+. The maximum Gasteiger partial charge on any atom is 0.409 e. The van der Waals surface area contributed by atoms with Crippen LogP contribution in [0.15, 0.2) is 23.3 Å². The van der Waals surface area contributed by atoms with E-state index < -0.39 is 5.84 Å². The lowest BCUT2D eigenvalue weighted by Gasteiger charge is -2.36. The maximum absolute atomic E-state index is 11.8. The minimum absolute atomic E-state index is 0.219. The monoisotopic (exact) mass is 377 g/mol. The number of amides is 1. The summed E-state index contributed by atoms with van der Waals surface area (Å²) >= 11 is 6.36. The van der Waals surface area contributed by atoms with Gasteiger partial charge >= 0.3 is 6.09 Å². The van der Waals surface area contributed by atoms with Crippen molar-refractivity contribution in [1.82, 2.24) is 4.90 Å². The first-order valence-electron chi connectivity index (χ1n) is 8.01. The number of nitrogens with one attached hydrogen (secondary N) is 2. The number of nitriles is 1. The Labute approximate surface area is 156 Å². The number of rotatable bonds is 5. The van der Waals surface area contributed by atoms with Crippen molar-refractivity contribution in [3.8, 4) is 6.07 Å². The molecule has 1 fully saturated rings. The van der Waals surface area contributed by atoms with Crippen LogP contribution in [0, 0.1) is 16.7 Å². The molecule has 0 spiro atoms. The van der Waals surface area contributed by atoms with Gasteiger partial charge in [-0.1, -0.05) is 17.7 Å². The Balaban J connectivity index is 2.17. The van der Waals surface area contributed by atoms with Crippen molar-refractivity contribution in [1.29, 1.82) is 10.7 Å². The summed E-state index contributed by atoms with van der Waals surface area (Å²) in [6.45, 7) is 4.25. The number of benzene rings is 1. The van der Waals surface area contributed by atoms with Crippen LogP contribution < -0.4 is 16.1 Å². The second kappa shape index (κ2) is 8.92. The van der Waals surface area contributed by atoms with Crippen LogP contribution in [-0.4, -0.2) is 55.3 Å². The van der Waals surface area contributed by atoms with E-state index >= 15 is 0 Å². The van der Waals surface area contributed by atoms with Crippen molar-refractivity contribution in [3.63, 3.8) is 0 Å². The third-order valence-corrected chi connectivity index (χ3v) is 4.06. The fourth-order valence-electron chi connectivity index (χ4n) is 2.52. The molecule has 10 heteroatoms.